The average Bonchev–Trinajstić information content (AvgIpc) is 2.37. The summed E-state index contributed by atoms with van der Waals surface area (Å²) >= 11 is 0. The topological polar surface area (TPSA) is 79.4 Å². The molecule has 0 fully saturated rings. The minimum atomic E-state index is -0.909. The van der Waals surface area contributed by atoms with Gasteiger partial charge >= 0.3 is 5.97 Å². The number of hydrogen-bond donors (Lipinski definition) is 2. The van der Waals surface area contributed by atoms with Gasteiger partial charge in [0.1, 0.15) is 5.75 Å². The molecule has 19 heavy (non-hydrogen) atoms. The van der Waals surface area contributed by atoms with Crippen molar-refractivity contribution in [2.24, 2.45) is 0 Å². The molecule has 0 radical (unpaired) electrons. The molecule has 2 N–H and O–H groups in total. The Balaban J connectivity index is 2.56. The first-order chi connectivity index (χ1) is 9.02. The van der Waals surface area contributed by atoms with Gasteiger partial charge in [0.2, 0.25) is 0 Å². The molecule has 1 heterocycles. The lowest BCUT2D eigenvalue weighted by molar-refractivity contribution is -0.136. The third-order valence-corrected chi connectivity index (χ3v) is 3.11. The highest BCUT2D eigenvalue weighted by Crippen LogP contribution is 2.18. The van der Waals surface area contributed by atoms with Gasteiger partial charge in [-0.25, -0.2) is 0 Å². The molecule has 0 saturated heterocycles. The Bertz CT molecular complexity index is 688. The molecule has 0 aliphatic rings. The molecule has 1 aromatic heterocycles. The zero-order valence-electron chi connectivity index (χ0n) is 10.8. The van der Waals surface area contributed by atoms with Crippen molar-refractivity contribution in [2.45, 2.75) is 19.8 Å². The van der Waals surface area contributed by atoms with Crippen molar-refractivity contribution < 1.29 is 14.6 Å². The maximum Gasteiger partial charge on any atom is 0.303 e. The number of methoxy groups -OCH3 is 1. The first kappa shape index (κ1) is 13.1. The van der Waals surface area contributed by atoms with Gasteiger partial charge in [-0.2, -0.15) is 0 Å². The molecule has 0 amide bonds. The van der Waals surface area contributed by atoms with E-state index in [2.05, 4.69) is 4.98 Å². The lowest BCUT2D eigenvalue weighted by Crippen LogP contribution is -2.14. The number of aliphatic carboxylic acids is 1. The normalized spacial score (nSPS) is 10.6. The number of H-pyrrole nitrogens is 1. The third kappa shape index (κ3) is 2.59. The van der Waals surface area contributed by atoms with Gasteiger partial charge in [-0.05, 0) is 25.5 Å². The van der Waals surface area contributed by atoms with Gasteiger partial charge in [0.25, 0.3) is 0 Å². The maximum atomic E-state index is 12.3. The molecule has 2 aromatic rings. The van der Waals surface area contributed by atoms with E-state index in [4.69, 9.17) is 9.84 Å². The molecule has 100 valence electrons. The van der Waals surface area contributed by atoms with Gasteiger partial charge in [0.15, 0.2) is 5.43 Å². The van der Waals surface area contributed by atoms with Crippen molar-refractivity contribution in [3.8, 4) is 5.75 Å². The third-order valence-electron chi connectivity index (χ3n) is 3.11. The fourth-order valence-electron chi connectivity index (χ4n) is 2.10. The summed E-state index contributed by atoms with van der Waals surface area (Å²) in [6.07, 6.45) is 0.185. The van der Waals surface area contributed by atoms with Crippen LogP contribution >= 0.6 is 0 Å². The van der Waals surface area contributed by atoms with Gasteiger partial charge in [0, 0.05) is 29.1 Å². The summed E-state index contributed by atoms with van der Waals surface area (Å²) in [7, 11) is 1.56. The number of fused-ring (bicyclic) bond motifs is 1. The Hall–Kier alpha value is -2.30. The number of aromatic nitrogens is 1. The van der Waals surface area contributed by atoms with Crippen LogP contribution in [-0.4, -0.2) is 23.2 Å². The van der Waals surface area contributed by atoms with Gasteiger partial charge in [0.05, 0.1) is 12.6 Å². The summed E-state index contributed by atoms with van der Waals surface area (Å²) in [5, 5.41) is 9.26. The van der Waals surface area contributed by atoms with Crippen LogP contribution in [0.5, 0.6) is 5.75 Å². The molecule has 0 spiro atoms. The first-order valence-corrected chi connectivity index (χ1v) is 5.94. The smallest absolute Gasteiger partial charge is 0.303 e. The van der Waals surface area contributed by atoms with Crippen molar-refractivity contribution >= 4 is 16.9 Å². The van der Waals surface area contributed by atoms with Crippen molar-refractivity contribution in [1.29, 1.82) is 0 Å². The van der Waals surface area contributed by atoms with Crippen LogP contribution in [0, 0.1) is 6.92 Å². The van der Waals surface area contributed by atoms with Gasteiger partial charge in [-0.15, -0.1) is 0 Å². The summed E-state index contributed by atoms with van der Waals surface area (Å²) in [6, 6.07) is 5.16. The summed E-state index contributed by atoms with van der Waals surface area (Å²) in [4.78, 5) is 26.0. The number of ether oxygens (including phenoxy) is 1. The number of rotatable bonds is 4. The van der Waals surface area contributed by atoms with Crippen LogP contribution in [0.2, 0.25) is 0 Å². The molecule has 0 aliphatic heterocycles. The zero-order valence-corrected chi connectivity index (χ0v) is 10.8. The fourth-order valence-corrected chi connectivity index (χ4v) is 2.10. The van der Waals surface area contributed by atoms with Crippen molar-refractivity contribution in [3.05, 3.63) is 39.7 Å². The van der Waals surface area contributed by atoms with Gasteiger partial charge < -0.3 is 14.8 Å². The Morgan fingerprint density at radius 1 is 1.42 bits per heavy atom. The number of aromatic amines is 1. The minimum absolute atomic E-state index is 0.0500. The molecule has 0 aliphatic carbocycles. The monoisotopic (exact) mass is 261 g/mol. The summed E-state index contributed by atoms with van der Waals surface area (Å²) < 4.78 is 5.11. The van der Waals surface area contributed by atoms with Crippen molar-refractivity contribution in [3.63, 3.8) is 0 Å². The second kappa shape index (κ2) is 5.14. The highest BCUT2D eigenvalue weighted by atomic mass is 16.5. The lowest BCUT2D eigenvalue weighted by Gasteiger charge is -2.08. The molecule has 0 bridgehead atoms. The predicted molar refractivity (Wildman–Crippen MR) is 71.8 cm³/mol. The maximum absolute atomic E-state index is 12.3. The number of carboxylic acids is 1. The summed E-state index contributed by atoms with van der Waals surface area (Å²) in [6.45, 7) is 1.78. The van der Waals surface area contributed by atoms with E-state index >= 15 is 0 Å². The van der Waals surface area contributed by atoms with Crippen LogP contribution in [0.4, 0.5) is 0 Å². The number of nitrogens with one attached hydrogen (secondary N) is 1. The quantitative estimate of drug-likeness (QED) is 0.880. The number of pyridine rings is 1. The number of carbonyl (C=O) groups is 1. The summed E-state index contributed by atoms with van der Waals surface area (Å²) in [5.74, 6) is -0.241. The predicted octanol–water partition coefficient (Wildman–Crippen LogP) is 1.86. The first-order valence-electron chi connectivity index (χ1n) is 5.94. The van der Waals surface area contributed by atoms with Crippen LogP contribution in [-0.2, 0) is 11.2 Å². The van der Waals surface area contributed by atoms with Crippen LogP contribution in [0.15, 0.2) is 23.0 Å². The standard InChI is InChI=1S/C14H15NO4/c1-8-10(5-6-13(16)17)14(18)11-4-3-9(19-2)7-12(11)15-8/h3-4,7H,5-6H2,1-2H3,(H,15,18)(H,16,17). The molecule has 2 rings (SSSR count). The molecule has 1 aromatic carbocycles. The molecule has 0 saturated carbocycles. The van der Waals surface area contributed by atoms with E-state index in [0.29, 0.717) is 27.9 Å². The van der Waals surface area contributed by atoms with E-state index in [1.165, 1.54) is 0 Å². The largest absolute Gasteiger partial charge is 0.497 e. The van der Waals surface area contributed by atoms with Crippen molar-refractivity contribution in [1.82, 2.24) is 4.98 Å². The number of aryl methyl sites for hydroxylation is 1. The van der Waals surface area contributed by atoms with Gasteiger partial charge in [-0.1, -0.05) is 0 Å². The second-order valence-electron chi connectivity index (χ2n) is 4.36. The molecule has 5 heteroatoms. The van der Waals surface area contributed by atoms with E-state index in [1.807, 2.05) is 0 Å². The summed E-state index contributed by atoms with van der Waals surface area (Å²) in [5.41, 5.74) is 1.81. The van der Waals surface area contributed by atoms with E-state index in [0.717, 1.165) is 0 Å². The number of hydrogen-bond acceptors (Lipinski definition) is 3. The van der Waals surface area contributed by atoms with E-state index in [-0.39, 0.29) is 18.3 Å². The lowest BCUT2D eigenvalue weighted by atomic mass is 10.0. The Labute approximate surface area is 109 Å². The number of carboxylic acid groups (broad SMARTS) is 1. The Kier molecular flexibility index (Phi) is 3.55. The van der Waals surface area contributed by atoms with Crippen LogP contribution in [0.1, 0.15) is 17.7 Å². The Morgan fingerprint density at radius 2 is 2.16 bits per heavy atom. The van der Waals surface area contributed by atoms with E-state index in [9.17, 15) is 9.59 Å². The second-order valence-corrected chi connectivity index (χ2v) is 4.36. The fraction of sp³-hybridized carbons (Fsp3) is 0.286. The highest BCUT2D eigenvalue weighted by Gasteiger charge is 2.11. The molecule has 0 unspecified atom stereocenters. The molecule has 0 atom stereocenters. The average molecular weight is 261 g/mol. The van der Waals surface area contributed by atoms with Crippen LogP contribution < -0.4 is 10.2 Å². The Morgan fingerprint density at radius 3 is 2.79 bits per heavy atom. The van der Waals surface area contributed by atoms with Crippen LogP contribution in [0.3, 0.4) is 0 Å². The minimum Gasteiger partial charge on any atom is -0.497 e. The zero-order chi connectivity index (χ0) is 14.0. The molecule has 5 nitrogen and oxygen atoms in total. The van der Waals surface area contributed by atoms with Crippen molar-refractivity contribution in [2.75, 3.05) is 7.11 Å². The number of benzene rings is 1. The highest BCUT2D eigenvalue weighted by molar-refractivity contribution is 5.81. The van der Waals surface area contributed by atoms with E-state index < -0.39 is 5.97 Å². The van der Waals surface area contributed by atoms with Gasteiger partial charge in [-0.3, -0.25) is 9.59 Å². The molecular formula is C14H15NO4. The van der Waals surface area contributed by atoms with E-state index in [1.54, 1.807) is 32.2 Å². The van der Waals surface area contributed by atoms with Crippen LogP contribution in [0.25, 0.3) is 10.9 Å². The SMILES string of the molecule is COc1ccc2c(=O)c(CCC(=O)O)c(C)[nH]c2c1. The molecular weight excluding hydrogens is 246 g/mol.